The zero-order valence-electron chi connectivity index (χ0n) is 9.56. The van der Waals surface area contributed by atoms with E-state index in [9.17, 15) is 0 Å². The first-order valence-corrected chi connectivity index (χ1v) is 7.50. The van der Waals surface area contributed by atoms with E-state index in [0.29, 0.717) is 0 Å². The van der Waals surface area contributed by atoms with Crippen LogP contribution in [0.1, 0.15) is 11.1 Å². The molecule has 0 saturated heterocycles. The van der Waals surface area contributed by atoms with E-state index < -0.39 is 0 Å². The van der Waals surface area contributed by atoms with Gasteiger partial charge in [0.15, 0.2) is 0 Å². The van der Waals surface area contributed by atoms with Gasteiger partial charge in [-0.15, -0.1) is 0 Å². The van der Waals surface area contributed by atoms with Crippen molar-refractivity contribution >= 4 is 37.1 Å². The maximum atomic E-state index is 6.28. The first kappa shape index (κ1) is 12.4. The zero-order valence-corrected chi connectivity index (χ0v) is 12.0. The number of rotatable bonds is 3. The summed E-state index contributed by atoms with van der Waals surface area (Å²) in [7, 11) is 0. The van der Waals surface area contributed by atoms with Crippen molar-refractivity contribution in [3.63, 3.8) is 0 Å². The molecule has 0 atom stereocenters. The van der Waals surface area contributed by atoms with Crippen LogP contribution in [-0.4, -0.2) is 15.0 Å². The fraction of sp³-hybridized carbons (Fsp3) is 0.0667. The van der Waals surface area contributed by atoms with Gasteiger partial charge in [0.25, 0.3) is 0 Å². The van der Waals surface area contributed by atoms with Gasteiger partial charge in [0.1, 0.15) is 0 Å². The minimum absolute atomic E-state index is 0.202. The van der Waals surface area contributed by atoms with Crippen molar-refractivity contribution in [2.75, 3.05) is 0 Å². The topological polar surface area (TPSA) is 0 Å². The Morgan fingerprint density at radius 3 is 2.29 bits per heavy atom. The molecular formula is C15H13ClSe. The number of hydrogen-bond acceptors (Lipinski definition) is 0. The van der Waals surface area contributed by atoms with E-state index in [0.717, 1.165) is 3.93 Å². The van der Waals surface area contributed by atoms with E-state index in [4.69, 9.17) is 11.6 Å². The second-order valence-corrected chi connectivity index (χ2v) is 7.03. The Morgan fingerprint density at radius 2 is 1.65 bits per heavy atom. The van der Waals surface area contributed by atoms with Crippen LogP contribution >= 0.6 is 11.6 Å². The van der Waals surface area contributed by atoms with Gasteiger partial charge in [-0.1, -0.05) is 0 Å². The van der Waals surface area contributed by atoms with Crippen LogP contribution in [0.25, 0.3) is 6.08 Å². The first-order chi connectivity index (χ1) is 8.24. The predicted octanol–water partition coefficient (Wildman–Crippen LogP) is 3.56. The van der Waals surface area contributed by atoms with Crippen LogP contribution in [0.2, 0.25) is 0 Å². The van der Waals surface area contributed by atoms with Crippen molar-refractivity contribution in [3.05, 3.63) is 69.7 Å². The molecule has 0 unspecified atom stereocenters. The minimum atomic E-state index is 0.202. The summed E-state index contributed by atoms with van der Waals surface area (Å²) in [6, 6.07) is 18.8. The molecule has 2 heteroatoms. The van der Waals surface area contributed by atoms with E-state index in [1.807, 2.05) is 24.3 Å². The third-order valence-corrected chi connectivity index (χ3v) is 4.55. The van der Waals surface area contributed by atoms with Gasteiger partial charge in [0.2, 0.25) is 0 Å². The molecule has 17 heavy (non-hydrogen) atoms. The van der Waals surface area contributed by atoms with Gasteiger partial charge in [-0.05, 0) is 0 Å². The van der Waals surface area contributed by atoms with Gasteiger partial charge >= 0.3 is 114 Å². The summed E-state index contributed by atoms with van der Waals surface area (Å²) < 4.78 is 2.22. The molecule has 0 amide bonds. The average molecular weight is 308 g/mol. The van der Waals surface area contributed by atoms with Crippen LogP contribution in [-0.2, 0) is 0 Å². The number of hydrogen-bond donors (Lipinski definition) is 0. The predicted molar refractivity (Wildman–Crippen MR) is 76.8 cm³/mol. The molecule has 2 aromatic carbocycles. The fourth-order valence-corrected chi connectivity index (χ4v) is 3.51. The van der Waals surface area contributed by atoms with Crippen molar-refractivity contribution in [3.8, 4) is 0 Å². The molecule has 0 saturated carbocycles. The summed E-state index contributed by atoms with van der Waals surface area (Å²) in [5.74, 6) is 0. The van der Waals surface area contributed by atoms with Crippen LogP contribution in [0.4, 0.5) is 0 Å². The van der Waals surface area contributed by atoms with E-state index in [1.165, 1.54) is 15.6 Å². The first-order valence-electron chi connectivity index (χ1n) is 5.41. The monoisotopic (exact) mass is 308 g/mol. The summed E-state index contributed by atoms with van der Waals surface area (Å²) in [4.78, 5) is 0. The Kier molecular flexibility index (Phi) is 4.44. The van der Waals surface area contributed by atoms with Crippen molar-refractivity contribution < 1.29 is 0 Å². The van der Waals surface area contributed by atoms with Crippen LogP contribution in [0.3, 0.4) is 0 Å². The molecule has 2 rings (SSSR count). The van der Waals surface area contributed by atoms with Gasteiger partial charge in [-0.25, -0.2) is 0 Å². The summed E-state index contributed by atoms with van der Waals surface area (Å²) in [5, 5.41) is 0. The van der Waals surface area contributed by atoms with Crippen LogP contribution in [0.5, 0.6) is 0 Å². The number of halogens is 1. The van der Waals surface area contributed by atoms with E-state index in [-0.39, 0.29) is 15.0 Å². The Balaban J connectivity index is 2.09. The summed E-state index contributed by atoms with van der Waals surface area (Å²) >= 11 is 6.48. The molecule has 0 aliphatic rings. The third kappa shape index (κ3) is 4.05. The molecule has 0 fully saturated rings. The molecule has 0 spiro atoms. The molecule has 0 radical (unpaired) electrons. The van der Waals surface area contributed by atoms with E-state index >= 15 is 0 Å². The average Bonchev–Trinajstić information content (AvgIpc) is 2.33. The summed E-state index contributed by atoms with van der Waals surface area (Å²) in [5.41, 5.74) is 2.44. The van der Waals surface area contributed by atoms with Crippen molar-refractivity contribution in [2.45, 2.75) is 6.92 Å². The molecule has 0 bridgehead atoms. The van der Waals surface area contributed by atoms with Crippen LogP contribution < -0.4 is 4.46 Å². The van der Waals surface area contributed by atoms with Crippen LogP contribution in [0, 0.1) is 6.92 Å². The Bertz CT molecular complexity index is 500. The Morgan fingerprint density at radius 1 is 1.00 bits per heavy atom. The molecular weight excluding hydrogens is 295 g/mol. The van der Waals surface area contributed by atoms with Gasteiger partial charge < -0.3 is 0 Å². The molecule has 0 aromatic heterocycles. The normalized spacial score (nSPS) is 11.5. The van der Waals surface area contributed by atoms with Crippen molar-refractivity contribution in [1.82, 2.24) is 0 Å². The Hall–Kier alpha value is -1.01. The second kappa shape index (κ2) is 6.07. The third-order valence-electron chi connectivity index (χ3n) is 2.32. The standard InChI is InChI=1S/C15H13ClSe/c1-12-7-9-13(10-8-12)11-15(16)17-14-5-3-2-4-6-14/h2-11H,1H3/b15-11+. The zero-order chi connectivity index (χ0) is 12.1. The van der Waals surface area contributed by atoms with Gasteiger partial charge in [0.05, 0.1) is 0 Å². The molecule has 0 aliphatic heterocycles. The van der Waals surface area contributed by atoms with Gasteiger partial charge in [0, 0.05) is 0 Å². The van der Waals surface area contributed by atoms with Crippen molar-refractivity contribution in [1.29, 1.82) is 0 Å². The molecule has 0 N–H and O–H groups in total. The molecule has 0 heterocycles. The maximum absolute atomic E-state index is 6.28. The van der Waals surface area contributed by atoms with E-state index in [2.05, 4.69) is 43.3 Å². The molecule has 0 aliphatic carbocycles. The molecule has 2 aromatic rings. The van der Waals surface area contributed by atoms with Crippen molar-refractivity contribution in [2.24, 2.45) is 0 Å². The summed E-state index contributed by atoms with van der Waals surface area (Å²) in [6.45, 7) is 2.09. The molecule has 86 valence electrons. The Labute approximate surface area is 113 Å². The van der Waals surface area contributed by atoms with Gasteiger partial charge in [-0.3, -0.25) is 0 Å². The fourth-order valence-electron chi connectivity index (χ4n) is 1.42. The molecule has 0 nitrogen and oxygen atoms in total. The SMILES string of the molecule is Cc1ccc(/C=C(\Cl)[Se]c2ccccc2)cc1. The quantitative estimate of drug-likeness (QED) is 0.761. The van der Waals surface area contributed by atoms with E-state index in [1.54, 1.807) is 0 Å². The number of benzene rings is 2. The van der Waals surface area contributed by atoms with Crippen LogP contribution in [0.15, 0.2) is 58.5 Å². The van der Waals surface area contributed by atoms with Gasteiger partial charge in [-0.2, -0.15) is 0 Å². The summed E-state index contributed by atoms with van der Waals surface area (Å²) in [6.07, 6.45) is 2.05. The second-order valence-electron chi connectivity index (χ2n) is 3.77. The number of aryl methyl sites for hydroxylation is 1.